The molecule has 1 aliphatic carbocycles. The SMILES string of the molecule is N=C(N)c1cccc(NS(=O)(=O)NC2CC2)c1. The molecule has 0 aromatic heterocycles. The Morgan fingerprint density at radius 1 is 1.41 bits per heavy atom. The Morgan fingerprint density at radius 3 is 2.71 bits per heavy atom. The van der Waals surface area contributed by atoms with Gasteiger partial charge in [-0.2, -0.15) is 13.1 Å². The minimum Gasteiger partial charge on any atom is -0.384 e. The van der Waals surface area contributed by atoms with Crippen LogP contribution in [-0.2, 0) is 10.2 Å². The lowest BCUT2D eigenvalue weighted by Gasteiger charge is -2.09. The summed E-state index contributed by atoms with van der Waals surface area (Å²) in [4.78, 5) is 0. The Labute approximate surface area is 99.9 Å². The molecule has 1 fully saturated rings. The number of nitrogens with two attached hydrogens (primary N) is 1. The predicted molar refractivity (Wildman–Crippen MR) is 66.2 cm³/mol. The van der Waals surface area contributed by atoms with E-state index in [4.69, 9.17) is 11.1 Å². The number of anilines is 1. The van der Waals surface area contributed by atoms with E-state index in [1.54, 1.807) is 18.2 Å². The Kier molecular flexibility index (Phi) is 3.03. The Morgan fingerprint density at radius 2 is 2.12 bits per heavy atom. The summed E-state index contributed by atoms with van der Waals surface area (Å²) >= 11 is 0. The number of hydrogen-bond acceptors (Lipinski definition) is 3. The minimum absolute atomic E-state index is 0.0588. The third-order valence-electron chi connectivity index (χ3n) is 2.32. The summed E-state index contributed by atoms with van der Waals surface area (Å²) in [6.07, 6.45) is 1.77. The molecule has 1 aromatic carbocycles. The fourth-order valence-corrected chi connectivity index (χ4v) is 2.53. The Hall–Kier alpha value is -1.60. The molecule has 1 saturated carbocycles. The third kappa shape index (κ3) is 3.43. The van der Waals surface area contributed by atoms with Crippen molar-refractivity contribution in [3.63, 3.8) is 0 Å². The molecule has 0 amide bonds. The van der Waals surface area contributed by atoms with Crippen molar-refractivity contribution >= 4 is 21.7 Å². The van der Waals surface area contributed by atoms with Crippen LogP contribution in [0.25, 0.3) is 0 Å². The molecule has 0 unspecified atom stereocenters. The molecule has 7 heteroatoms. The van der Waals surface area contributed by atoms with Gasteiger partial charge in [-0.25, -0.2) is 0 Å². The number of hydrogen-bond donors (Lipinski definition) is 4. The van der Waals surface area contributed by atoms with Gasteiger partial charge in [0.2, 0.25) is 0 Å². The highest BCUT2D eigenvalue weighted by Gasteiger charge is 2.26. The smallest absolute Gasteiger partial charge is 0.299 e. The van der Waals surface area contributed by atoms with Crippen LogP contribution in [0, 0.1) is 5.41 Å². The lowest BCUT2D eigenvalue weighted by atomic mass is 10.2. The molecule has 0 spiro atoms. The largest absolute Gasteiger partial charge is 0.384 e. The second-order valence-electron chi connectivity index (χ2n) is 3.99. The van der Waals surface area contributed by atoms with Gasteiger partial charge in [0.05, 0.1) is 5.69 Å². The van der Waals surface area contributed by atoms with Crippen molar-refractivity contribution in [1.29, 1.82) is 5.41 Å². The molecule has 6 nitrogen and oxygen atoms in total. The first-order valence-electron chi connectivity index (χ1n) is 5.21. The van der Waals surface area contributed by atoms with Gasteiger partial charge in [0, 0.05) is 11.6 Å². The van der Waals surface area contributed by atoms with Crippen LogP contribution in [0.3, 0.4) is 0 Å². The van der Waals surface area contributed by atoms with Gasteiger partial charge in [0.25, 0.3) is 10.2 Å². The maximum atomic E-state index is 11.6. The van der Waals surface area contributed by atoms with E-state index in [-0.39, 0.29) is 11.9 Å². The van der Waals surface area contributed by atoms with Crippen LogP contribution >= 0.6 is 0 Å². The number of benzene rings is 1. The standard InChI is InChI=1S/C10H14N4O2S/c11-10(12)7-2-1-3-9(6-7)14-17(15,16)13-8-4-5-8/h1-3,6,8,13-14H,4-5H2,(H3,11,12). The van der Waals surface area contributed by atoms with Gasteiger partial charge >= 0.3 is 0 Å². The Bertz CT molecular complexity index is 537. The first-order valence-corrected chi connectivity index (χ1v) is 6.69. The zero-order valence-corrected chi connectivity index (χ0v) is 9.92. The number of rotatable bonds is 5. The van der Waals surface area contributed by atoms with E-state index in [2.05, 4.69) is 9.44 Å². The van der Waals surface area contributed by atoms with Crippen molar-refractivity contribution in [1.82, 2.24) is 4.72 Å². The number of nitrogens with one attached hydrogen (secondary N) is 3. The highest BCUT2D eigenvalue weighted by Crippen LogP contribution is 2.20. The van der Waals surface area contributed by atoms with Crippen LogP contribution in [-0.4, -0.2) is 20.3 Å². The van der Waals surface area contributed by atoms with Gasteiger partial charge in [-0.3, -0.25) is 10.1 Å². The normalized spacial score (nSPS) is 15.5. The molecule has 2 rings (SSSR count). The molecule has 0 bridgehead atoms. The summed E-state index contributed by atoms with van der Waals surface area (Å²) in [7, 11) is -3.53. The maximum Gasteiger partial charge on any atom is 0.299 e. The van der Waals surface area contributed by atoms with E-state index in [1.807, 2.05) is 0 Å². The molecule has 0 heterocycles. The highest BCUT2D eigenvalue weighted by atomic mass is 32.2. The molecular weight excluding hydrogens is 240 g/mol. The molecule has 0 atom stereocenters. The van der Waals surface area contributed by atoms with Crippen LogP contribution in [0.5, 0.6) is 0 Å². The molecule has 1 aromatic rings. The fraction of sp³-hybridized carbons (Fsp3) is 0.300. The molecular formula is C10H14N4O2S. The second-order valence-corrected chi connectivity index (χ2v) is 5.44. The lowest BCUT2D eigenvalue weighted by Crippen LogP contribution is -2.31. The number of amidine groups is 1. The first-order chi connectivity index (χ1) is 7.96. The summed E-state index contributed by atoms with van der Waals surface area (Å²) < 4.78 is 28.1. The van der Waals surface area contributed by atoms with E-state index in [0.717, 1.165) is 12.8 Å². The predicted octanol–water partition coefficient (Wildman–Crippen LogP) is 0.379. The van der Waals surface area contributed by atoms with Crippen molar-refractivity contribution < 1.29 is 8.42 Å². The summed E-state index contributed by atoms with van der Waals surface area (Å²) in [5, 5.41) is 7.27. The summed E-state index contributed by atoms with van der Waals surface area (Å²) in [5.41, 5.74) is 6.20. The summed E-state index contributed by atoms with van der Waals surface area (Å²) in [6, 6.07) is 6.48. The van der Waals surface area contributed by atoms with Crippen LogP contribution in [0.1, 0.15) is 18.4 Å². The van der Waals surface area contributed by atoms with Gasteiger partial charge in [0.1, 0.15) is 5.84 Å². The van der Waals surface area contributed by atoms with Crippen molar-refractivity contribution in [3.8, 4) is 0 Å². The van der Waals surface area contributed by atoms with Gasteiger partial charge < -0.3 is 5.73 Å². The van der Waals surface area contributed by atoms with E-state index in [0.29, 0.717) is 11.3 Å². The molecule has 1 aliphatic rings. The van der Waals surface area contributed by atoms with Crippen LogP contribution in [0.2, 0.25) is 0 Å². The molecule has 92 valence electrons. The minimum atomic E-state index is -3.53. The molecule has 0 aliphatic heterocycles. The van der Waals surface area contributed by atoms with Crippen molar-refractivity contribution in [2.75, 3.05) is 4.72 Å². The molecule has 5 N–H and O–H groups in total. The van der Waals surface area contributed by atoms with Crippen molar-refractivity contribution in [2.24, 2.45) is 5.73 Å². The van der Waals surface area contributed by atoms with E-state index < -0.39 is 10.2 Å². The van der Waals surface area contributed by atoms with Crippen LogP contribution in [0.15, 0.2) is 24.3 Å². The topological polar surface area (TPSA) is 108 Å². The maximum absolute atomic E-state index is 11.6. The first kappa shape index (κ1) is 11.9. The van der Waals surface area contributed by atoms with Gasteiger partial charge in [-0.1, -0.05) is 12.1 Å². The van der Waals surface area contributed by atoms with Crippen molar-refractivity contribution in [3.05, 3.63) is 29.8 Å². The Balaban J connectivity index is 2.12. The quantitative estimate of drug-likeness (QED) is 0.450. The van der Waals surface area contributed by atoms with Crippen LogP contribution < -0.4 is 15.2 Å². The average molecular weight is 254 g/mol. The third-order valence-corrected chi connectivity index (χ3v) is 3.47. The number of nitrogen functional groups attached to an aromatic ring is 1. The van der Waals surface area contributed by atoms with Gasteiger partial charge in [-0.15, -0.1) is 0 Å². The monoisotopic (exact) mass is 254 g/mol. The molecule has 0 radical (unpaired) electrons. The second kappa shape index (κ2) is 4.34. The van der Waals surface area contributed by atoms with Gasteiger partial charge in [0.15, 0.2) is 0 Å². The van der Waals surface area contributed by atoms with Crippen LogP contribution in [0.4, 0.5) is 5.69 Å². The highest BCUT2D eigenvalue weighted by molar-refractivity contribution is 7.90. The summed E-state index contributed by atoms with van der Waals surface area (Å²) in [5.74, 6) is -0.0961. The van der Waals surface area contributed by atoms with Gasteiger partial charge in [-0.05, 0) is 25.0 Å². The average Bonchev–Trinajstić information content (AvgIpc) is 3.00. The molecule has 17 heavy (non-hydrogen) atoms. The summed E-state index contributed by atoms with van der Waals surface area (Å²) in [6.45, 7) is 0. The zero-order chi connectivity index (χ0) is 12.5. The van der Waals surface area contributed by atoms with Crippen molar-refractivity contribution in [2.45, 2.75) is 18.9 Å². The fourth-order valence-electron chi connectivity index (χ4n) is 1.36. The van der Waals surface area contributed by atoms with E-state index >= 15 is 0 Å². The zero-order valence-electron chi connectivity index (χ0n) is 9.10. The van der Waals surface area contributed by atoms with E-state index in [9.17, 15) is 8.42 Å². The van der Waals surface area contributed by atoms with E-state index in [1.165, 1.54) is 6.07 Å². The molecule has 0 saturated heterocycles. The lowest BCUT2D eigenvalue weighted by molar-refractivity contribution is 0.586.